The van der Waals surface area contributed by atoms with Crippen LogP contribution in [0.5, 0.6) is 0 Å². The van der Waals surface area contributed by atoms with Gasteiger partial charge in [0.25, 0.3) is 0 Å². The third kappa shape index (κ3) is 4.49. The van der Waals surface area contributed by atoms with E-state index in [1.165, 1.54) is 6.26 Å². The van der Waals surface area contributed by atoms with Crippen LogP contribution in [0.1, 0.15) is 26.7 Å². The SMILES string of the molecule is CCC(C)(C(O)CCS(C)(=O)=O)N(C)C. The van der Waals surface area contributed by atoms with Crippen molar-refractivity contribution in [2.75, 3.05) is 26.1 Å². The van der Waals surface area contributed by atoms with Crippen LogP contribution in [-0.4, -0.2) is 56.2 Å². The van der Waals surface area contributed by atoms with E-state index in [1.807, 2.05) is 32.8 Å². The van der Waals surface area contributed by atoms with Gasteiger partial charge in [0, 0.05) is 11.8 Å². The fraction of sp³-hybridized carbons (Fsp3) is 1.00. The highest BCUT2D eigenvalue weighted by molar-refractivity contribution is 7.90. The van der Waals surface area contributed by atoms with E-state index in [0.717, 1.165) is 6.42 Å². The summed E-state index contributed by atoms with van der Waals surface area (Å²) in [5, 5.41) is 10.00. The standard InChI is InChI=1S/C10H23NO3S/c1-6-10(2,11(3)4)9(12)7-8-15(5,13)14/h9,12H,6-8H2,1-5H3. The van der Waals surface area contributed by atoms with Crippen LogP contribution in [-0.2, 0) is 9.84 Å². The molecule has 15 heavy (non-hydrogen) atoms. The molecule has 0 spiro atoms. The van der Waals surface area contributed by atoms with Gasteiger partial charge in [-0.25, -0.2) is 8.42 Å². The molecule has 0 rings (SSSR count). The molecule has 0 aliphatic rings. The van der Waals surface area contributed by atoms with Crippen LogP contribution in [0.3, 0.4) is 0 Å². The summed E-state index contributed by atoms with van der Waals surface area (Å²) < 4.78 is 22.0. The first-order chi connectivity index (χ1) is 6.63. The highest BCUT2D eigenvalue weighted by atomic mass is 32.2. The van der Waals surface area contributed by atoms with Crippen molar-refractivity contribution in [1.29, 1.82) is 0 Å². The molecule has 0 fully saturated rings. The first-order valence-electron chi connectivity index (χ1n) is 5.16. The van der Waals surface area contributed by atoms with Crippen LogP contribution in [0.15, 0.2) is 0 Å². The van der Waals surface area contributed by atoms with E-state index in [-0.39, 0.29) is 11.3 Å². The van der Waals surface area contributed by atoms with Gasteiger partial charge in [0.15, 0.2) is 0 Å². The molecule has 5 heteroatoms. The van der Waals surface area contributed by atoms with Gasteiger partial charge in [-0.2, -0.15) is 0 Å². The van der Waals surface area contributed by atoms with Gasteiger partial charge in [0.2, 0.25) is 0 Å². The minimum Gasteiger partial charge on any atom is -0.391 e. The van der Waals surface area contributed by atoms with E-state index >= 15 is 0 Å². The average molecular weight is 237 g/mol. The van der Waals surface area contributed by atoms with E-state index in [9.17, 15) is 13.5 Å². The molecule has 2 atom stereocenters. The van der Waals surface area contributed by atoms with Gasteiger partial charge in [-0.3, -0.25) is 0 Å². The highest BCUT2D eigenvalue weighted by Crippen LogP contribution is 2.23. The number of hydrogen-bond acceptors (Lipinski definition) is 4. The lowest BCUT2D eigenvalue weighted by atomic mass is 9.89. The predicted molar refractivity (Wildman–Crippen MR) is 62.7 cm³/mol. The summed E-state index contributed by atoms with van der Waals surface area (Å²) in [5.74, 6) is 0.0393. The zero-order valence-electron chi connectivity index (χ0n) is 10.3. The van der Waals surface area contributed by atoms with E-state index in [4.69, 9.17) is 0 Å². The lowest BCUT2D eigenvalue weighted by molar-refractivity contribution is 0.00102. The highest BCUT2D eigenvalue weighted by Gasteiger charge is 2.33. The predicted octanol–water partition coefficient (Wildman–Crippen LogP) is 0.512. The number of aliphatic hydroxyl groups is 1. The molecule has 1 N–H and O–H groups in total. The van der Waals surface area contributed by atoms with Gasteiger partial charge < -0.3 is 10.0 Å². The Kier molecular flexibility index (Phi) is 5.23. The Bertz CT molecular complexity index is 287. The van der Waals surface area contributed by atoms with Gasteiger partial charge in [-0.05, 0) is 33.9 Å². The molecule has 2 unspecified atom stereocenters. The molecule has 0 heterocycles. The van der Waals surface area contributed by atoms with Gasteiger partial charge in [0.1, 0.15) is 9.84 Å². The zero-order chi connectivity index (χ0) is 12.3. The Morgan fingerprint density at radius 1 is 1.40 bits per heavy atom. The fourth-order valence-electron chi connectivity index (χ4n) is 1.49. The van der Waals surface area contributed by atoms with Crippen molar-refractivity contribution in [2.24, 2.45) is 0 Å². The van der Waals surface area contributed by atoms with Crippen molar-refractivity contribution < 1.29 is 13.5 Å². The van der Waals surface area contributed by atoms with Crippen molar-refractivity contribution in [3.05, 3.63) is 0 Å². The topological polar surface area (TPSA) is 57.6 Å². The summed E-state index contributed by atoms with van der Waals surface area (Å²) in [6.07, 6.45) is 1.65. The maximum atomic E-state index is 11.0. The minimum absolute atomic E-state index is 0.0393. The lowest BCUT2D eigenvalue weighted by Gasteiger charge is -2.39. The van der Waals surface area contributed by atoms with Gasteiger partial charge in [-0.1, -0.05) is 6.92 Å². The van der Waals surface area contributed by atoms with Crippen LogP contribution in [0, 0.1) is 0 Å². The van der Waals surface area contributed by atoms with E-state index in [0.29, 0.717) is 6.42 Å². The molecule has 4 nitrogen and oxygen atoms in total. The third-order valence-electron chi connectivity index (χ3n) is 3.22. The first-order valence-corrected chi connectivity index (χ1v) is 7.22. The number of sulfone groups is 1. The van der Waals surface area contributed by atoms with Crippen molar-refractivity contribution in [1.82, 2.24) is 4.90 Å². The largest absolute Gasteiger partial charge is 0.391 e. The average Bonchev–Trinajstić information content (AvgIpc) is 2.11. The number of likely N-dealkylation sites (N-methyl/N-ethyl adjacent to an activating group) is 1. The summed E-state index contributed by atoms with van der Waals surface area (Å²) in [7, 11) is 0.800. The van der Waals surface area contributed by atoms with Crippen LogP contribution < -0.4 is 0 Å². The molecule has 0 saturated heterocycles. The fourth-order valence-corrected chi connectivity index (χ4v) is 2.14. The van der Waals surface area contributed by atoms with Gasteiger partial charge in [0.05, 0.1) is 11.9 Å². The van der Waals surface area contributed by atoms with Crippen LogP contribution in [0.4, 0.5) is 0 Å². The Balaban J connectivity index is 4.48. The molecule has 0 aromatic rings. The number of rotatable bonds is 6. The van der Waals surface area contributed by atoms with E-state index < -0.39 is 15.9 Å². The second-order valence-electron chi connectivity index (χ2n) is 4.54. The summed E-state index contributed by atoms with van der Waals surface area (Å²) >= 11 is 0. The zero-order valence-corrected chi connectivity index (χ0v) is 11.1. The Hall–Kier alpha value is -0.130. The van der Waals surface area contributed by atoms with Crippen molar-refractivity contribution in [3.8, 4) is 0 Å². The second-order valence-corrected chi connectivity index (χ2v) is 6.80. The summed E-state index contributed by atoms with van der Waals surface area (Å²) in [4.78, 5) is 1.94. The van der Waals surface area contributed by atoms with Crippen LogP contribution >= 0.6 is 0 Å². The van der Waals surface area contributed by atoms with Crippen molar-refractivity contribution in [3.63, 3.8) is 0 Å². The molecule has 0 aliphatic carbocycles. The molecule has 0 aliphatic heterocycles. The quantitative estimate of drug-likeness (QED) is 0.731. The molecule has 0 amide bonds. The number of nitrogens with zero attached hydrogens (tertiary/aromatic N) is 1. The third-order valence-corrected chi connectivity index (χ3v) is 4.19. The molecule has 0 radical (unpaired) electrons. The molecule has 0 aromatic heterocycles. The van der Waals surface area contributed by atoms with E-state index in [2.05, 4.69) is 0 Å². The number of aliphatic hydroxyl groups excluding tert-OH is 1. The molecular formula is C10H23NO3S. The summed E-state index contributed by atoms with van der Waals surface area (Å²) in [6.45, 7) is 3.93. The van der Waals surface area contributed by atoms with Crippen molar-refractivity contribution >= 4 is 9.84 Å². The summed E-state index contributed by atoms with van der Waals surface area (Å²) in [6, 6.07) is 0. The Morgan fingerprint density at radius 2 is 1.87 bits per heavy atom. The van der Waals surface area contributed by atoms with Crippen LogP contribution in [0.25, 0.3) is 0 Å². The van der Waals surface area contributed by atoms with Gasteiger partial charge in [-0.15, -0.1) is 0 Å². The van der Waals surface area contributed by atoms with Crippen molar-refractivity contribution in [2.45, 2.75) is 38.3 Å². The molecule has 0 bridgehead atoms. The monoisotopic (exact) mass is 237 g/mol. The lowest BCUT2D eigenvalue weighted by Crippen LogP contribution is -2.51. The van der Waals surface area contributed by atoms with E-state index in [1.54, 1.807) is 0 Å². The van der Waals surface area contributed by atoms with Crippen LogP contribution in [0.2, 0.25) is 0 Å². The smallest absolute Gasteiger partial charge is 0.147 e. The molecule has 92 valence electrons. The molecule has 0 saturated carbocycles. The maximum Gasteiger partial charge on any atom is 0.147 e. The number of hydrogen-bond donors (Lipinski definition) is 1. The Labute approximate surface area is 93.2 Å². The minimum atomic E-state index is -2.99. The molecule has 0 aromatic carbocycles. The maximum absolute atomic E-state index is 11.0. The first kappa shape index (κ1) is 14.9. The van der Waals surface area contributed by atoms with Gasteiger partial charge >= 0.3 is 0 Å². The normalized spacial score (nSPS) is 18.9. The second kappa shape index (κ2) is 5.27. The molecular weight excluding hydrogens is 214 g/mol. The summed E-state index contributed by atoms with van der Waals surface area (Å²) in [5.41, 5.74) is -0.356. The Morgan fingerprint density at radius 3 is 2.13 bits per heavy atom.